The highest BCUT2D eigenvalue weighted by atomic mass is 32.1. The number of nitro groups is 1. The van der Waals surface area contributed by atoms with Crippen LogP contribution in [0.4, 0.5) is 11.6 Å². The van der Waals surface area contributed by atoms with Crippen LogP contribution in [0.2, 0.25) is 0 Å². The maximum atomic E-state index is 11.2. The van der Waals surface area contributed by atoms with Crippen molar-refractivity contribution in [3.63, 3.8) is 0 Å². The zero-order valence-corrected chi connectivity index (χ0v) is 12.6. The molecule has 2 atom stereocenters. The first-order valence-electron chi connectivity index (χ1n) is 7.05. The Labute approximate surface area is 125 Å². The van der Waals surface area contributed by atoms with Crippen LogP contribution >= 0.6 is 11.3 Å². The summed E-state index contributed by atoms with van der Waals surface area (Å²) >= 11 is 1.35. The van der Waals surface area contributed by atoms with Crippen molar-refractivity contribution in [2.75, 3.05) is 11.9 Å². The van der Waals surface area contributed by atoms with E-state index in [0.717, 1.165) is 25.7 Å². The summed E-state index contributed by atoms with van der Waals surface area (Å²) in [5, 5.41) is 26.6. The summed E-state index contributed by atoms with van der Waals surface area (Å²) in [5.41, 5.74) is -0.803. The maximum Gasteiger partial charge on any atom is 0.372 e. The Morgan fingerprint density at radius 1 is 1.71 bits per heavy atom. The van der Waals surface area contributed by atoms with E-state index in [4.69, 9.17) is 0 Å². The number of hydrogen-bond acceptors (Lipinski definition) is 6. The summed E-state index contributed by atoms with van der Waals surface area (Å²) in [6, 6.07) is 0. The van der Waals surface area contributed by atoms with Gasteiger partial charge in [0.05, 0.1) is 5.60 Å². The van der Waals surface area contributed by atoms with E-state index in [2.05, 4.69) is 17.2 Å². The molecule has 1 aliphatic rings. The van der Waals surface area contributed by atoms with Crippen molar-refractivity contribution in [1.29, 1.82) is 0 Å². The largest absolute Gasteiger partial charge is 0.388 e. The van der Waals surface area contributed by atoms with Crippen molar-refractivity contribution in [2.45, 2.75) is 38.2 Å². The fourth-order valence-corrected chi connectivity index (χ4v) is 3.82. The molecule has 0 bridgehead atoms. The Hall–Kier alpha value is -1.67. The van der Waals surface area contributed by atoms with Crippen LogP contribution < -0.4 is 5.32 Å². The fraction of sp³-hybridized carbons (Fsp3) is 0.615. The van der Waals surface area contributed by atoms with Gasteiger partial charge in [-0.3, -0.25) is 0 Å². The number of aliphatic hydroxyl groups is 1. The molecule has 1 aliphatic carbocycles. The minimum absolute atomic E-state index is 0.0706. The Balaban J connectivity index is 1.80. The topological polar surface area (TPSA) is 92.7 Å². The van der Waals surface area contributed by atoms with Gasteiger partial charge in [0.2, 0.25) is 5.82 Å². The Morgan fingerprint density at radius 3 is 3.24 bits per heavy atom. The predicted octanol–water partition coefficient (Wildman–Crippen LogP) is 2.66. The molecule has 1 fully saturated rings. The third-order valence-electron chi connectivity index (χ3n) is 4.06. The lowest BCUT2D eigenvalue weighted by Gasteiger charge is -2.35. The number of imidazole rings is 1. The van der Waals surface area contributed by atoms with Gasteiger partial charge in [0.15, 0.2) is 0 Å². The van der Waals surface area contributed by atoms with Crippen LogP contribution in [0.3, 0.4) is 0 Å². The third kappa shape index (κ3) is 2.73. The average molecular weight is 310 g/mol. The molecular weight excluding hydrogens is 292 g/mol. The molecule has 0 spiro atoms. The van der Waals surface area contributed by atoms with Gasteiger partial charge < -0.3 is 20.5 Å². The lowest BCUT2D eigenvalue weighted by atomic mass is 9.79. The van der Waals surface area contributed by atoms with Crippen molar-refractivity contribution in [2.24, 2.45) is 5.92 Å². The van der Waals surface area contributed by atoms with Gasteiger partial charge in [0.1, 0.15) is 6.20 Å². The average Bonchev–Trinajstić information content (AvgIpc) is 2.95. The summed E-state index contributed by atoms with van der Waals surface area (Å²) in [7, 11) is 0. The number of nitrogens with one attached hydrogen (secondary N) is 1. The number of fused-ring (bicyclic) bond motifs is 1. The predicted molar refractivity (Wildman–Crippen MR) is 80.8 cm³/mol. The van der Waals surface area contributed by atoms with E-state index in [-0.39, 0.29) is 11.6 Å². The van der Waals surface area contributed by atoms with Gasteiger partial charge in [-0.05, 0) is 23.7 Å². The second kappa shape index (κ2) is 5.27. The van der Waals surface area contributed by atoms with Crippen LogP contribution in [-0.2, 0) is 0 Å². The maximum absolute atomic E-state index is 11.2. The van der Waals surface area contributed by atoms with Gasteiger partial charge in [0, 0.05) is 11.9 Å². The number of rotatable bonds is 4. The van der Waals surface area contributed by atoms with E-state index in [0.29, 0.717) is 17.4 Å². The molecule has 2 heterocycles. The monoisotopic (exact) mass is 310 g/mol. The molecule has 3 rings (SSSR count). The number of aromatic nitrogens is 2. The molecule has 0 amide bonds. The number of hydrogen-bond donors (Lipinski definition) is 2. The molecular formula is C13H18N4O3S. The number of anilines is 1. The van der Waals surface area contributed by atoms with Crippen LogP contribution in [-0.4, -0.2) is 31.6 Å². The van der Waals surface area contributed by atoms with Crippen molar-refractivity contribution in [3.05, 3.63) is 21.7 Å². The zero-order chi connectivity index (χ0) is 15.0. The lowest BCUT2D eigenvalue weighted by Crippen LogP contribution is -2.41. The minimum atomic E-state index is -0.803. The molecule has 2 aromatic rings. The van der Waals surface area contributed by atoms with Gasteiger partial charge in [-0.2, -0.15) is 9.38 Å². The van der Waals surface area contributed by atoms with Crippen LogP contribution in [0.25, 0.3) is 4.96 Å². The summed E-state index contributed by atoms with van der Waals surface area (Å²) in [6.07, 6.45) is 5.19. The lowest BCUT2D eigenvalue weighted by molar-refractivity contribution is -0.389. The van der Waals surface area contributed by atoms with Crippen molar-refractivity contribution < 1.29 is 10.0 Å². The summed E-state index contributed by atoms with van der Waals surface area (Å²) in [5.74, 6) is 0.642. The van der Waals surface area contributed by atoms with E-state index in [1.54, 1.807) is 11.6 Å². The quantitative estimate of drug-likeness (QED) is 0.669. The van der Waals surface area contributed by atoms with Crippen LogP contribution in [0.1, 0.15) is 32.6 Å². The smallest absolute Gasteiger partial charge is 0.372 e. The van der Waals surface area contributed by atoms with Crippen LogP contribution in [0.5, 0.6) is 0 Å². The normalized spacial score (nSPS) is 26.1. The van der Waals surface area contributed by atoms with Gasteiger partial charge in [-0.15, -0.1) is 0 Å². The molecule has 114 valence electrons. The summed E-state index contributed by atoms with van der Waals surface area (Å²) < 4.78 is 1.46. The SMILES string of the molecule is C[C@H]1CCC[C@@](O)(CNc2nc3sccn3c2[N+](=O)[O-])C1. The first-order chi connectivity index (χ1) is 9.98. The second-order valence-corrected chi connectivity index (χ2v) is 6.75. The van der Waals surface area contributed by atoms with E-state index in [9.17, 15) is 15.2 Å². The third-order valence-corrected chi connectivity index (χ3v) is 4.82. The molecule has 0 aromatic carbocycles. The molecule has 0 radical (unpaired) electrons. The first-order valence-corrected chi connectivity index (χ1v) is 7.93. The highest BCUT2D eigenvalue weighted by molar-refractivity contribution is 7.15. The summed E-state index contributed by atoms with van der Waals surface area (Å²) in [6.45, 7) is 2.42. The van der Waals surface area contributed by atoms with Crippen molar-refractivity contribution in [1.82, 2.24) is 9.38 Å². The number of thiazole rings is 1. The first kappa shape index (κ1) is 14.3. The standard InChI is InChI=1S/C13H18N4O3S/c1-9-3-2-4-13(18,7-9)8-14-10-11(17(19)20)16-5-6-21-12(16)15-10/h5-6,9,14,18H,2-4,7-8H2,1H3/t9-,13-/m0/s1. The van der Waals surface area contributed by atoms with Crippen molar-refractivity contribution >= 4 is 27.9 Å². The molecule has 0 saturated heterocycles. The highest BCUT2D eigenvalue weighted by Gasteiger charge is 2.34. The van der Waals surface area contributed by atoms with Gasteiger partial charge in [-0.25, -0.2) is 0 Å². The highest BCUT2D eigenvalue weighted by Crippen LogP contribution is 2.34. The Kier molecular flexibility index (Phi) is 3.58. The molecule has 7 nitrogen and oxygen atoms in total. The van der Waals surface area contributed by atoms with Gasteiger partial charge >= 0.3 is 5.82 Å². The molecule has 8 heteroatoms. The van der Waals surface area contributed by atoms with E-state index in [1.165, 1.54) is 15.7 Å². The molecule has 0 unspecified atom stereocenters. The van der Waals surface area contributed by atoms with Crippen molar-refractivity contribution in [3.8, 4) is 0 Å². The minimum Gasteiger partial charge on any atom is -0.388 e. The number of nitrogens with zero attached hydrogens (tertiary/aromatic N) is 3. The molecule has 0 aliphatic heterocycles. The second-order valence-electron chi connectivity index (χ2n) is 5.88. The van der Waals surface area contributed by atoms with E-state index >= 15 is 0 Å². The Morgan fingerprint density at radius 2 is 2.52 bits per heavy atom. The Bertz CT molecular complexity index is 667. The van der Waals surface area contributed by atoms with Gasteiger partial charge in [0.25, 0.3) is 4.96 Å². The zero-order valence-electron chi connectivity index (χ0n) is 11.8. The fourth-order valence-electron chi connectivity index (χ4n) is 3.11. The van der Waals surface area contributed by atoms with E-state index < -0.39 is 10.5 Å². The molecule has 21 heavy (non-hydrogen) atoms. The molecule has 2 N–H and O–H groups in total. The molecule has 2 aromatic heterocycles. The van der Waals surface area contributed by atoms with Crippen LogP contribution in [0.15, 0.2) is 11.6 Å². The van der Waals surface area contributed by atoms with Gasteiger partial charge in [-0.1, -0.05) is 31.1 Å². The molecule has 1 saturated carbocycles. The summed E-state index contributed by atoms with van der Waals surface area (Å²) in [4.78, 5) is 15.6. The van der Waals surface area contributed by atoms with E-state index in [1.807, 2.05) is 0 Å². The van der Waals surface area contributed by atoms with Crippen LogP contribution in [0, 0.1) is 16.0 Å².